The third-order valence-corrected chi connectivity index (χ3v) is 4.71. The number of aryl methyl sites for hydroxylation is 1. The Bertz CT molecular complexity index is 366. The predicted molar refractivity (Wildman–Crippen MR) is 80.3 cm³/mol. The minimum atomic E-state index is 0.146. The normalized spacial score (nSPS) is 13.9. The van der Waals surface area contributed by atoms with Gasteiger partial charge >= 0.3 is 0 Å². The maximum absolute atomic E-state index is 5.50. The summed E-state index contributed by atoms with van der Waals surface area (Å²) in [7, 11) is 0. The van der Waals surface area contributed by atoms with Crippen molar-refractivity contribution in [2.24, 2.45) is 5.73 Å². The van der Waals surface area contributed by atoms with Gasteiger partial charge in [0.1, 0.15) is 0 Å². The molecule has 0 aliphatic heterocycles. The average Bonchev–Trinajstić information content (AvgIpc) is 2.66. The molecule has 0 aliphatic carbocycles. The molecule has 1 aromatic heterocycles. The lowest BCUT2D eigenvalue weighted by molar-refractivity contribution is 0.552. The van der Waals surface area contributed by atoms with Crippen molar-refractivity contribution in [1.82, 2.24) is 10.3 Å². The molecular weight excluding hydrogens is 242 g/mol. The van der Waals surface area contributed by atoms with Crippen molar-refractivity contribution in [3.63, 3.8) is 0 Å². The Hall–Kier alpha value is -0.450. The average molecular weight is 269 g/mol. The second-order valence-corrected chi connectivity index (χ2v) is 6.92. The van der Waals surface area contributed by atoms with Crippen molar-refractivity contribution in [1.29, 1.82) is 0 Å². The lowest BCUT2D eigenvalue weighted by Crippen LogP contribution is -2.20. The summed E-state index contributed by atoms with van der Waals surface area (Å²) < 4.78 is 0. The zero-order valence-electron chi connectivity index (χ0n) is 12.3. The fourth-order valence-corrected chi connectivity index (χ4v) is 2.96. The SMILES string of the molecule is Cc1nc(C(C)(C)C)sc1C(C)NCCCCN. The van der Waals surface area contributed by atoms with Crippen molar-refractivity contribution in [2.45, 2.75) is 58.9 Å². The van der Waals surface area contributed by atoms with E-state index in [0.29, 0.717) is 6.04 Å². The molecule has 0 bridgehead atoms. The number of hydrogen-bond donors (Lipinski definition) is 2. The van der Waals surface area contributed by atoms with Crippen LogP contribution in [0.25, 0.3) is 0 Å². The summed E-state index contributed by atoms with van der Waals surface area (Å²) in [5.74, 6) is 0. The lowest BCUT2D eigenvalue weighted by atomic mass is 9.98. The minimum absolute atomic E-state index is 0.146. The van der Waals surface area contributed by atoms with Gasteiger partial charge in [0.2, 0.25) is 0 Å². The molecule has 1 atom stereocenters. The van der Waals surface area contributed by atoms with Crippen LogP contribution in [0.3, 0.4) is 0 Å². The summed E-state index contributed by atoms with van der Waals surface area (Å²) >= 11 is 1.84. The van der Waals surface area contributed by atoms with Crippen LogP contribution in [0.1, 0.15) is 62.2 Å². The molecule has 3 N–H and O–H groups in total. The second kappa shape index (κ2) is 6.64. The Morgan fingerprint density at radius 3 is 2.50 bits per heavy atom. The molecule has 0 spiro atoms. The van der Waals surface area contributed by atoms with Gasteiger partial charge in [-0.25, -0.2) is 4.98 Å². The number of unbranched alkanes of at least 4 members (excludes halogenated alkanes) is 1. The molecule has 0 saturated carbocycles. The number of thiazole rings is 1. The maximum Gasteiger partial charge on any atom is 0.0985 e. The van der Waals surface area contributed by atoms with E-state index in [9.17, 15) is 0 Å². The monoisotopic (exact) mass is 269 g/mol. The van der Waals surface area contributed by atoms with Gasteiger partial charge in [0, 0.05) is 16.3 Å². The van der Waals surface area contributed by atoms with Crippen LogP contribution in [0, 0.1) is 6.92 Å². The van der Waals surface area contributed by atoms with Gasteiger partial charge in [-0.15, -0.1) is 11.3 Å². The minimum Gasteiger partial charge on any atom is -0.330 e. The summed E-state index contributed by atoms with van der Waals surface area (Å²) in [4.78, 5) is 6.07. The first-order valence-electron chi connectivity index (χ1n) is 6.77. The van der Waals surface area contributed by atoms with Crippen LogP contribution in [0.4, 0.5) is 0 Å². The molecule has 1 rings (SSSR count). The second-order valence-electron chi connectivity index (χ2n) is 5.89. The quantitative estimate of drug-likeness (QED) is 0.780. The fourth-order valence-electron chi connectivity index (χ4n) is 1.81. The van der Waals surface area contributed by atoms with Crippen LogP contribution in [0.2, 0.25) is 0 Å². The first-order chi connectivity index (χ1) is 8.36. The summed E-state index contributed by atoms with van der Waals surface area (Å²) in [6.45, 7) is 12.8. The standard InChI is InChI=1S/C14H27N3S/c1-10(16-9-7-6-8-15)12-11(2)17-13(18-12)14(3,4)5/h10,16H,6-9,15H2,1-5H3. The molecule has 0 fully saturated rings. The number of aromatic nitrogens is 1. The summed E-state index contributed by atoms with van der Waals surface area (Å²) in [5, 5.41) is 4.78. The highest BCUT2D eigenvalue weighted by atomic mass is 32.1. The molecular formula is C14H27N3S. The van der Waals surface area contributed by atoms with E-state index in [4.69, 9.17) is 10.7 Å². The highest BCUT2D eigenvalue weighted by Gasteiger charge is 2.22. The molecule has 4 heteroatoms. The number of nitrogens with two attached hydrogens (primary N) is 1. The van der Waals surface area contributed by atoms with Gasteiger partial charge in [0.05, 0.1) is 10.7 Å². The van der Waals surface area contributed by atoms with Crippen LogP contribution in [-0.2, 0) is 5.41 Å². The van der Waals surface area contributed by atoms with Crippen LogP contribution < -0.4 is 11.1 Å². The number of hydrogen-bond acceptors (Lipinski definition) is 4. The van der Waals surface area contributed by atoms with Gasteiger partial charge in [0.25, 0.3) is 0 Å². The van der Waals surface area contributed by atoms with Crippen molar-refractivity contribution in [3.8, 4) is 0 Å². The largest absolute Gasteiger partial charge is 0.330 e. The molecule has 0 radical (unpaired) electrons. The van der Waals surface area contributed by atoms with Crippen molar-refractivity contribution in [2.75, 3.05) is 13.1 Å². The molecule has 104 valence electrons. The third kappa shape index (κ3) is 4.34. The van der Waals surface area contributed by atoms with Crippen LogP contribution >= 0.6 is 11.3 Å². The molecule has 1 aromatic rings. The van der Waals surface area contributed by atoms with Gasteiger partial charge in [-0.3, -0.25) is 0 Å². The molecule has 18 heavy (non-hydrogen) atoms. The van der Waals surface area contributed by atoms with Crippen molar-refractivity contribution >= 4 is 11.3 Å². The van der Waals surface area contributed by atoms with E-state index < -0.39 is 0 Å². The van der Waals surface area contributed by atoms with E-state index in [0.717, 1.165) is 25.9 Å². The molecule has 0 aromatic carbocycles. The predicted octanol–water partition coefficient (Wildman–Crippen LogP) is 3.14. The number of nitrogens with one attached hydrogen (secondary N) is 1. The van der Waals surface area contributed by atoms with E-state index in [1.54, 1.807) is 0 Å². The molecule has 1 heterocycles. The highest BCUT2D eigenvalue weighted by molar-refractivity contribution is 7.12. The number of nitrogens with zero attached hydrogens (tertiary/aromatic N) is 1. The molecule has 3 nitrogen and oxygen atoms in total. The zero-order chi connectivity index (χ0) is 13.8. The number of rotatable bonds is 6. The first-order valence-corrected chi connectivity index (χ1v) is 7.59. The highest BCUT2D eigenvalue weighted by Crippen LogP contribution is 2.32. The molecule has 0 aliphatic rings. The Morgan fingerprint density at radius 1 is 1.33 bits per heavy atom. The van der Waals surface area contributed by atoms with Crippen LogP contribution in [0.5, 0.6) is 0 Å². The van der Waals surface area contributed by atoms with Gasteiger partial charge in [-0.1, -0.05) is 20.8 Å². The smallest absolute Gasteiger partial charge is 0.0985 e. The van der Waals surface area contributed by atoms with E-state index in [1.165, 1.54) is 15.6 Å². The summed E-state index contributed by atoms with van der Waals surface area (Å²) in [6, 6.07) is 0.386. The first kappa shape index (κ1) is 15.6. The summed E-state index contributed by atoms with van der Waals surface area (Å²) in [6.07, 6.45) is 2.24. The fraction of sp³-hybridized carbons (Fsp3) is 0.786. The Morgan fingerprint density at radius 2 is 2.00 bits per heavy atom. The summed E-state index contributed by atoms with van der Waals surface area (Å²) in [5.41, 5.74) is 6.81. The van der Waals surface area contributed by atoms with Crippen LogP contribution in [0.15, 0.2) is 0 Å². The van der Waals surface area contributed by atoms with Gasteiger partial charge in [-0.2, -0.15) is 0 Å². The van der Waals surface area contributed by atoms with Crippen molar-refractivity contribution < 1.29 is 0 Å². The van der Waals surface area contributed by atoms with E-state index in [-0.39, 0.29) is 5.41 Å². The van der Waals surface area contributed by atoms with Crippen molar-refractivity contribution in [3.05, 3.63) is 15.6 Å². The topological polar surface area (TPSA) is 50.9 Å². The van der Waals surface area contributed by atoms with Gasteiger partial charge < -0.3 is 11.1 Å². The Labute approximate surface area is 115 Å². The molecule has 0 saturated heterocycles. The van der Waals surface area contributed by atoms with E-state index in [2.05, 4.69) is 39.9 Å². The third-order valence-electron chi connectivity index (χ3n) is 2.95. The van der Waals surface area contributed by atoms with Gasteiger partial charge in [0.15, 0.2) is 0 Å². The van der Waals surface area contributed by atoms with E-state index >= 15 is 0 Å². The Kier molecular flexibility index (Phi) is 5.76. The molecule has 0 amide bonds. The maximum atomic E-state index is 5.50. The van der Waals surface area contributed by atoms with Crippen LogP contribution in [-0.4, -0.2) is 18.1 Å². The van der Waals surface area contributed by atoms with Gasteiger partial charge in [-0.05, 0) is 39.8 Å². The lowest BCUT2D eigenvalue weighted by Gasteiger charge is -2.14. The molecule has 1 unspecified atom stereocenters. The van der Waals surface area contributed by atoms with E-state index in [1.807, 2.05) is 11.3 Å². The Balaban J connectivity index is 2.63. The zero-order valence-corrected chi connectivity index (χ0v) is 13.2.